The number of aromatic carboxylic acids is 1. The Kier molecular flexibility index (Phi) is 25.0. The first-order valence-corrected chi connectivity index (χ1v) is 53.4. The van der Waals surface area contributed by atoms with E-state index in [0.717, 1.165) is 222 Å². The Morgan fingerprint density at radius 1 is 0.314 bits per heavy atom. The minimum Gasteiger partial charge on any atom is -0.478 e. The number of carboxylic acid groups (broad SMARTS) is 1. The first kappa shape index (κ1) is 95.0. The summed E-state index contributed by atoms with van der Waals surface area (Å²) in [6.45, 7) is 8.99. The van der Waals surface area contributed by atoms with Gasteiger partial charge in [-0.2, -0.15) is 0 Å². The Morgan fingerprint density at radius 2 is 0.606 bits per heavy atom. The molecule has 0 aromatic heterocycles. The van der Waals surface area contributed by atoms with Crippen molar-refractivity contribution in [1.29, 1.82) is 0 Å². The maximum Gasteiger partial charge on any atom is 0.335 e. The smallest absolute Gasteiger partial charge is 0.335 e. The fourth-order valence-electron chi connectivity index (χ4n) is 33.8. The SMILES string of the molecule is CN1CC[C@]23CCCC[C@@]2(O)[C@H]1Cc1ccc(C(=O)O)cc13.CN1CC[C@]23CCCC[C@@]2(O)[C@H]1Cc1ccc(C(N)=O)cc13.CN1CC[C@]23CCCC[C@H]2[C@H]1Cc1ccc(C(N)=O)cc13.CNC(=O)c1ccc2c(c1)[C@@]13CCCC[C@@]1(O)[C@@H](C2)N(C)CC3.NC(=O)c1ccc2c(c1)[C@@]13CCCC[C@@]1(O)[C@@H](C2)N(CC1CC1)CC3.NC(=O)c1ccc2c(c1)[C@@]13CCCC[C@H]1[C@@H](C2)N(CC1CC1)CC3. The van der Waals surface area contributed by atoms with E-state index >= 15 is 0 Å². The van der Waals surface area contributed by atoms with Gasteiger partial charge in [-0.3, -0.25) is 33.8 Å². The van der Waals surface area contributed by atoms with Gasteiger partial charge in [-0.25, -0.2) is 4.79 Å². The molecule has 18 atom stereocenters. The van der Waals surface area contributed by atoms with Crippen molar-refractivity contribution >= 4 is 35.5 Å². The van der Waals surface area contributed by atoms with E-state index in [9.17, 15) is 54.3 Å². The minimum atomic E-state index is -0.881. The van der Waals surface area contributed by atoms with Gasteiger partial charge in [0, 0.05) is 117 Å². The molecule has 0 spiro atoms. The highest BCUT2D eigenvalue weighted by Crippen LogP contribution is 2.65. The normalized spacial score (nSPS) is 36.3. The van der Waals surface area contributed by atoms with Crippen molar-refractivity contribution in [2.45, 2.75) is 348 Å². The third-order valence-electron chi connectivity index (χ3n) is 41.2. The Morgan fingerprint density at radius 3 is 0.993 bits per heavy atom. The molecule has 6 aliphatic heterocycles. The molecule has 14 aliphatic carbocycles. The van der Waals surface area contributed by atoms with E-state index in [0.29, 0.717) is 50.3 Å². The summed E-state index contributed by atoms with van der Waals surface area (Å²) in [5, 5.41) is 59.0. The zero-order chi connectivity index (χ0) is 95.5. The van der Waals surface area contributed by atoms with E-state index in [2.05, 4.69) is 111 Å². The van der Waals surface area contributed by atoms with E-state index in [1.165, 1.54) is 184 Å². The fourth-order valence-corrected chi connectivity index (χ4v) is 33.8. The second-order valence-corrected chi connectivity index (χ2v) is 47.2. The highest BCUT2D eigenvalue weighted by molar-refractivity contribution is 5.96. The zero-order valence-corrected chi connectivity index (χ0v) is 82.3. The predicted octanol–water partition coefficient (Wildman–Crippen LogP) is 13.7. The Balaban J connectivity index is 0.0000000982. The van der Waals surface area contributed by atoms with Crippen LogP contribution in [-0.2, 0) is 71.0 Å². The van der Waals surface area contributed by atoms with Crippen molar-refractivity contribution < 1.29 is 54.3 Å². The number of carbonyl (C=O) groups is 6. The lowest BCUT2D eigenvalue weighted by atomic mass is 9.49. The van der Waals surface area contributed by atoms with E-state index in [4.69, 9.17) is 22.9 Å². The number of aliphatic hydroxyl groups is 4. The van der Waals surface area contributed by atoms with Crippen molar-refractivity contribution in [3.8, 4) is 0 Å². The van der Waals surface area contributed by atoms with Crippen LogP contribution in [0.1, 0.15) is 347 Å². The molecule has 0 unspecified atom stereocenters. The van der Waals surface area contributed by atoms with Crippen LogP contribution in [0.3, 0.4) is 0 Å². The van der Waals surface area contributed by atoms with E-state index < -0.39 is 28.4 Å². The molecule has 20 aliphatic rings. The summed E-state index contributed by atoms with van der Waals surface area (Å²) >= 11 is 0. The first-order chi connectivity index (χ1) is 65.8. The Labute approximate surface area is 811 Å². The zero-order valence-electron chi connectivity index (χ0n) is 82.3. The third kappa shape index (κ3) is 15.4. The van der Waals surface area contributed by atoms with Crippen LogP contribution in [-0.4, -0.2) is 237 Å². The number of rotatable bonds is 10. The monoisotopic (exact) mass is 1860 g/mol. The van der Waals surface area contributed by atoms with Gasteiger partial charge in [0.2, 0.25) is 23.6 Å². The van der Waals surface area contributed by atoms with Gasteiger partial charge >= 0.3 is 5.97 Å². The summed E-state index contributed by atoms with van der Waals surface area (Å²) in [4.78, 5) is 85.1. The number of fused-ring (bicyclic) bond motifs is 6. The van der Waals surface area contributed by atoms with Gasteiger partial charge in [0.25, 0.3) is 5.91 Å². The number of nitrogens with two attached hydrogens (primary N) is 4. The van der Waals surface area contributed by atoms with Gasteiger partial charge in [0.15, 0.2) is 0 Å². The van der Waals surface area contributed by atoms with Crippen LogP contribution in [0.5, 0.6) is 0 Å². The van der Waals surface area contributed by atoms with Gasteiger partial charge in [0.05, 0.1) is 28.0 Å². The van der Waals surface area contributed by atoms with Crippen LogP contribution in [0.4, 0.5) is 0 Å². The number of benzene rings is 6. The van der Waals surface area contributed by atoms with Crippen LogP contribution < -0.4 is 28.3 Å². The molecule has 26 rings (SSSR count). The molecule has 12 bridgehead atoms. The molecular formula is C115H153N11O11. The van der Waals surface area contributed by atoms with Gasteiger partial charge in [-0.05, 0) is 410 Å². The van der Waals surface area contributed by atoms with Crippen molar-refractivity contribution in [3.05, 3.63) is 209 Å². The molecule has 137 heavy (non-hydrogen) atoms. The largest absolute Gasteiger partial charge is 0.478 e. The Hall–Kier alpha value is -8.26. The number of piperidine rings is 6. The summed E-state index contributed by atoms with van der Waals surface area (Å²) in [6.07, 6.45) is 45.0. The number of nitrogens with zero attached hydrogens (tertiary/aromatic N) is 6. The lowest BCUT2D eigenvalue weighted by Crippen LogP contribution is -2.72. The second-order valence-electron chi connectivity index (χ2n) is 47.2. The van der Waals surface area contributed by atoms with E-state index in [1.807, 2.05) is 54.6 Å². The average molecular weight is 1870 g/mol. The number of likely N-dealkylation sites (N-methyl/N-ethyl adjacent to an activating group) is 4. The van der Waals surface area contributed by atoms with Gasteiger partial charge in [-0.15, -0.1) is 0 Å². The van der Waals surface area contributed by atoms with Gasteiger partial charge in [0.1, 0.15) is 0 Å². The second kappa shape index (κ2) is 36.0. The summed E-state index contributed by atoms with van der Waals surface area (Å²) in [5.41, 5.74) is 38.7. The maximum absolute atomic E-state index is 12.1. The molecule has 734 valence electrons. The van der Waals surface area contributed by atoms with Crippen LogP contribution in [0.25, 0.3) is 0 Å². The van der Waals surface area contributed by atoms with Gasteiger partial charge < -0.3 is 73.4 Å². The molecule has 8 saturated carbocycles. The molecule has 6 aromatic rings. The average Bonchev–Trinajstić information content (AvgIpc) is 1.69. The molecular weight excluding hydrogens is 1710 g/mol. The first-order valence-electron chi connectivity index (χ1n) is 53.4. The van der Waals surface area contributed by atoms with Crippen molar-refractivity contribution in [2.24, 2.45) is 46.6 Å². The molecule has 14 N–H and O–H groups in total. The van der Waals surface area contributed by atoms with Gasteiger partial charge in [-0.1, -0.05) is 113 Å². The summed E-state index contributed by atoms with van der Waals surface area (Å²) in [5.74, 6) is 1.12. The lowest BCUT2D eigenvalue weighted by molar-refractivity contribution is -0.166. The van der Waals surface area contributed by atoms with Crippen molar-refractivity contribution in [3.63, 3.8) is 0 Å². The van der Waals surface area contributed by atoms with E-state index in [1.54, 1.807) is 13.1 Å². The molecule has 14 fully saturated rings. The molecule has 6 aromatic carbocycles. The van der Waals surface area contributed by atoms with Crippen LogP contribution in [0.15, 0.2) is 109 Å². The van der Waals surface area contributed by atoms with Crippen LogP contribution in [0, 0.1) is 23.7 Å². The highest BCUT2D eigenvalue weighted by Gasteiger charge is 2.68. The van der Waals surface area contributed by atoms with Crippen molar-refractivity contribution in [2.75, 3.05) is 87.6 Å². The van der Waals surface area contributed by atoms with Crippen molar-refractivity contribution in [1.82, 2.24) is 34.7 Å². The fraction of sp³-hybridized carbons (Fsp3) is 0.635. The summed E-state index contributed by atoms with van der Waals surface area (Å²) in [6, 6.07) is 38.1. The van der Waals surface area contributed by atoms with E-state index in [-0.39, 0.29) is 75.4 Å². The number of nitrogens with one attached hydrogen (secondary N) is 1. The van der Waals surface area contributed by atoms with Crippen LogP contribution >= 0.6 is 0 Å². The number of likely N-dealkylation sites (tertiary alicyclic amines) is 6. The molecule has 6 heterocycles. The predicted molar refractivity (Wildman–Crippen MR) is 532 cm³/mol. The molecule has 22 nitrogen and oxygen atoms in total. The molecule has 0 radical (unpaired) electrons. The summed E-state index contributed by atoms with van der Waals surface area (Å²) in [7, 11) is 10.3. The number of hydrogen-bond donors (Lipinski definition) is 10. The summed E-state index contributed by atoms with van der Waals surface area (Å²) < 4.78 is 0. The highest BCUT2D eigenvalue weighted by atomic mass is 16.4. The maximum atomic E-state index is 12.1. The topological polar surface area (TPSA) is 339 Å². The molecule has 6 saturated heterocycles. The number of amides is 5. The molecule has 5 amide bonds. The quantitative estimate of drug-likeness (QED) is 0.0609. The third-order valence-corrected chi connectivity index (χ3v) is 41.2. The number of primary amides is 4. The van der Waals surface area contributed by atoms with Crippen LogP contribution in [0.2, 0.25) is 0 Å². The Bertz CT molecular complexity index is 5610. The number of hydrogen-bond acceptors (Lipinski definition) is 16. The standard InChI is InChI=1S/C21H28N2O2.C21H28N2O.C19H26N2O2.C18H24N2O2.C18H24N2O.C18H23NO3/c22-19(24)16-6-5-15-12-18-21(25)8-2-1-7-20(21,17(15)11-16)9-10-23(18)13-14-3-4-14;22-20(24)16-7-6-15-12-19-17-3-1-2-8-21(17,18(15)11-16)9-10-23(19)13-14-4-5-14;1-20-17(22)14-6-5-13-12-16-19(23)8-4-3-7-18(19,15(13)11-14)9-10-21(16)2;1-20-9-8-17-6-2-3-7-18(17,22)15(20)11-12-4-5-13(16(19)21)10-14(12)17;1-20-9-8-18-7-3-2-4-14(18)16(20)11-12-5-6-13(17(19)21)10-15(12)18;1-19-9-8-17-6-2-3-7-18(17,22)15(19)11-12-4-5-13(16(20)21)10-14(12)17/h5-6,11,14,18,25H,1-4,7-10,12-13H2,(H2,22,24);6-7,11,14,17,19H,1-5,8-10,12-13H2,(H2,22,24);5-6,11,16,23H,3-4,7-10,12H2,1-2H3,(H,20,22);4-5,10,15,22H,2-3,6-9,11H2,1H3,(H2,19,21);5-6,10,14,16H,2-4,7-9,11H2,1H3,(H2,19,21);4-5,10,15,22H,2-3,6-9,11H2,1H3,(H,20,21)/t18-,20+,21-;17-,19+,21+;16-,18+,19-;15-,17+,18-;14-,16+,18+;15-,17+,18-/m101101/s1. The lowest BCUT2D eigenvalue weighted by Gasteiger charge is -2.64. The molecule has 22 heteroatoms. The number of carbonyl (C=O) groups excluding carboxylic acids is 5. The minimum absolute atomic E-state index is 0.0430. The number of carboxylic acids is 1.